The molecular formula is C21H21ClFN3O3S. The van der Waals surface area contributed by atoms with Crippen molar-refractivity contribution < 1.29 is 17.5 Å². The Kier molecular flexibility index (Phi) is 5.92. The second kappa shape index (κ2) is 8.47. The van der Waals surface area contributed by atoms with Crippen LogP contribution in [0.2, 0.25) is 5.02 Å². The molecule has 30 heavy (non-hydrogen) atoms. The van der Waals surface area contributed by atoms with Gasteiger partial charge in [0, 0.05) is 42.8 Å². The predicted octanol–water partition coefficient (Wildman–Crippen LogP) is 3.68. The van der Waals surface area contributed by atoms with Crippen LogP contribution in [-0.2, 0) is 48.0 Å². The number of halogens is 2. The molecule has 158 valence electrons. The zero-order chi connectivity index (χ0) is 21.3. The summed E-state index contributed by atoms with van der Waals surface area (Å²) >= 11 is 5.90. The van der Waals surface area contributed by atoms with Crippen LogP contribution in [0.1, 0.15) is 22.5 Å². The van der Waals surface area contributed by atoms with E-state index >= 15 is 0 Å². The van der Waals surface area contributed by atoms with Crippen molar-refractivity contribution in [2.24, 2.45) is 7.05 Å². The third-order valence-electron chi connectivity index (χ3n) is 5.17. The first-order valence-electron chi connectivity index (χ1n) is 9.47. The van der Waals surface area contributed by atoms with Gasteiger partial charge in [-0.25, -0.2) is 12.8 Å². The first-order chi connectivity index (χ1) is 14.4. The van der Waals surface area contributed by atoms with Crippen LogP contribution in [0.25, 0.3) is 0 Å². The number of fused-ring (bicyclic) bond motifs is 1. The van der Waals surface area contributed by atoms with E-state index in [1.165, 1.54) is 22.5 Å². The zero-order valence-electron chi connectivity index (χ0n) is 16.4. The Labute approximate surface area is 179 Å². The van der Waals surface area contributed by atoms with Crippen LogP contribution < -0.4 is 0 Å². The SMILES string of the molecule is Cn1nc(COCc2ccc(Cl)cc2)c2c1CCN(S(=O)(=O)c1ccccc1F)C2. The van der Waals surface area contributed by atoms with Crippen LogP contribution in [0.15, 0.2) is 53.4 Å². The molecule has 0 atom stereocenters. The molecular weight excluding hydrogens is 429 g/mol. The molecule has 0 unspecified atom stereocenters. The Morgan fingerprint density at radius 3 is 2.60 bits per heavy atom. The minimum absolute atomic E-state index is 0.138. The maximum absolute atomic E-state index is 14.1. The van der Waals surface area contributed by atoms with Crippen molar-refractivity contribution >= 4 is 21.6 Å². The molecule has 6 nitrogen and oxygen atoms in total. The average molecular weight is 450 g/mol. The number of sulfonamides is 1. The molecule has 3 aromatic rings. The molecule has 9 heteroatoms. The average Bonchev–Trinajstić information content (AvgIpc) is 3.05. The maximum atomic E-state index is 14.1. The number of benzene rings is 2. The number of nitrogens with zero attached hydrogens (tertiary/aromatic N) is 3. The highest BCUT2D eigenvalue weighted by Crippen LogP contribution is 2.28. The number of aryl methyl sites for hydroxylation is 1. The minimum Gasteiger partial charge on any atom is -0.370 e. The van der Waals surface area contributed by atoms with E-state index in [2.05, 4.69) is 5.10 Å². The number of ether oxygens (including phenoxy) is 1. The van der Waals surface area contributed by atoms with Crippen LogP contribution in [0.3, 0.4) is 0 Å². The van der Waals surface area contributed by atoms with E-state index < -0.39 is 15.8 Å². The lowest BCUT2D eigenvalue weighted by Gasteiger charge is -2.27. The Morgan fingerprint density at radius 2 is 1.87 bits per heavy atom. The number of hydrogen-bond donors (Lipinski definition) is 0. The zero-order valence-corrected chi connectivity index (χ0v) is 18.0. The van der Waals surface area contributed by atoms with Crippen LogP contribution in [-0.4, -0.2) is 29.0 Å². The topological polar surface area (TPSA) is 64.4 Å². The van der Waals surface area contributed by atoms with Gasteiger partial charge in [0.2, 0.25) is 10.0 Å². The fraction of sp³-hybridized carbons (Fsp3) is 0.286. The predicted molar refractivity (Wildman–Crippen MR) is 111 cm³/mol. The van der Waals surface area contributed by atoms with E-state index in [1.807, 2.05) is 19.2 Å². The van der Waals surface area contributed by atoms with E-state index in [0.717, 1.165) is 22.9 Å². The van der Waals surface area contributed by atoms with E-state index in [0.29, 0.717) is 23.7 Å². The summed E-state index contributed by atoms with van der Waals surface area (Å²) in [7, 11) is -2.11. The standard InChI is InChI=1S/C21H21ClFN3O3S/c1-25-20-10-11-26(30(27,28)21-5-3-2-4-18(21)23)12-17(20)19(24-25)14-29-13-15-6-8-16(22)9-7-15/h2-9H,10-14H2,1H3. The minimum atomic E-state index is -3.94. The quantitative estimate of drug-likeness (QED) is 0.576. The molecule has 0 aliphatic carbocycles. The van der Waals surface area contributed by atoms with Gasteiger partial charge in [-0.1, -0.05) is 35.9 Å². The third kappa shape index (κ3) is 4.13. The van der Waals surface area contributed by atoms with Gasteiger partial charge in [0.25, 0.3) is 0 Å². The van der Waals surface area contributed by atoms with Crippen molar-refractivity contribution in [1.29, 1.82) is 0 Å². The number of rotatable bonds is 6. The molecule has 0 radical (unpaired) electrons. The van der Waals surface area contributed by atoms with Crippen molar-refractivity contribution in [1.82, 2.24) is 14.1 Å². The molecule has 0 saturated carbocycles. The number of hydrogen-bond acceptors (Lipinski definition) is 4. The Balaban J connectivity index is 1.51. The molecule has 0 fully saturated rings. The fourth-order valence-corrected chi connectivity index (χ4v) is 5.21. The maximum Gasteiger partial charge on any atom is 0.246 e. The Morgan fingerprint density at radius 1 is 1.13 bits per heavy atom. The van der Waals surface area contributed by atoms with Crippen molar-refractivity contribution in [2.75, 3.05) is 6.54 Å². The van der Waals surface area contributed by atoms with E-state index in [4.69, 9.17) is 16.3 Å². The molecule has 0 amide bonds. The third-order valence-corrected chi connectivity index (χ3v) is 7.30. The van der Waals surface area contributed by atoms with E-state index in [9.17, 15) is 12.8 Å². The van der Waals surface area contributed by atoms with Crippen molar-refractivity contribution in [2.45, 2.75) is 31.1 Å². The van der Waals surface area contributed by atoms with Crippen LogP contribution in [0.4, 0.5) is 4.39 Å². The molecule has 0 bridgehead atoms. The van der Waals surface area contributed by atoms with E-state index in [-0.39, 0.29) is 24.6 Å². The summed E-state index contributed by atoms with van der Waals surface area (Å²) in [6.07, 6.45) is 0.504. The highest BCUT2D eigenvalue weighted by atomic mass is 35.5. The molecule has 2 aromatic carbocycles. The molecule has 0 saturated heterocycles. The lowest BCUT2D eigenvalue weighted by atomic mass is 10.1. The number of aromatic nitrogens is 2. The second-order valence-corrected chi connectivity index (χ2v) is 9.48. The van der Waals surface area contributed by atoms with Gasteiger partial charge in [0.1, 0.15) is 10.7 Å². The largest absolute Gasteiger partial charge is 0.370 e. The van der Waals surface area contributed by atoms with Gasteiger partial charge in [0.15, 0.2) is 0 Å². The van der Waals surface area contributed by atoms with Crippen LogP contribution in [0.5, 0.6) is 0 Å². The molecule has 2 heterocycles. The lowest BCUT2D eigenvalue weighted by Crippen LogP contribution is -2.36. The summed E-state index contributed by atoms with van der Waals surface area (Å²) in [6.45, 7) is 1.05. The molecule has 1 aliphatic rings. The van der Waals surface area contributed by atoms with Crippen molar-refractivity contribution in [3.63, 3.8) is 0 Å². The van der Waals surface area contributed by atoms with Gasteiger partial charge in [-0.05, 0) is 29.8 Å². The summed E-state index contributed by atoms with van der Waals surface area (Å²) in [4.78, 5) is -0.308. The first-order valence-corrected chi connectivity index (χ1v) is 11.3. The first kappa shape index (κ1) is 21.0. The summed E-state index contributed by atoms with van der Waals surface area (Å²) in [5, 5.41) is 5.18. The monoisotopic (exact) mass is 449 g/mol. The highest BCUT2D eigenvalue weighted by molar-refractivity contribution is 7.89. The Bertz CT molecular complexity index is 1160. The van der Waals surface area contributed by atoms with Crippen molar-refractivity contribution in [3.8, 4) is 0 Å². The summed E-state index contributed by atoms with van der Waals surface area (Å²) in [5.41, 5.74) is 3.46. The molecule has 1 aliphatic heterocycles. The normalized spacial score (nSPS) is 14.6. The molecule has 4 rings (SSSR count). The summed E-state index contributed by atoms with van der Waals surface area (Å²) < 4.78 is 49.0. The van der Waals surface area contributed by atoms with Gasteiger partial charge in [0.05, 0.1) is 18.9 Å². The van der Waals surface area contributed by atoms with Gasteiger partial charge in [-0.2, -0.15) is 9.40 Å². The second-order valence-electron chi connectivity index (χ2n) is 7.13. The van der Waals surface area contributed by atoms with Gasteiger partial charge in [-0.15, -0.1) is 0 Å². The van der Waals surface area contributed by atoms with Gasteiger partial charge < -0.3 is 4.74 Å². The smallest absolute Gasteiger partial charge is 0.246 e. The fourth-order valence-electron chi connectivity index (χ4n) is 3.61. The summed E-state index contributed by atoms with van der Waals surface area (Å²) in [5.74, 6) is -0.749. The summed E-state index contributed by atoms with van der Waals surface area (Å²) in [6, 6.07) is 12.8. The highest BCUT2D eigenvalue weighted by Gasteiger charge is 2.33. The van der Waals surface area contributed by atoms with Crippen LogP contribution >= 0.6 is 11.6 Å². The lowest BCUT2D eigenvalue weighted by molar-refractivity contribution is 0.103. The molecule has 1 aromatic heterocycles. The van der Waals surface area contributed by atoms with Gasteiger partial charge in [-0.3, -0.25) is 4.68 Å². The Hall–Kier alpha value is -2.26. The molecule has 0 spiro atoms. The van der Waals surface area contributed by atoms with E-state index in [1.54, 1.807) is 16.8 Å². The van der Waals surface area contributed by atoms with Crippen LogP contribution in [0, 0.1) is 5.82 Å². The molecule has 0 N–H and O–H groups in total. The van der Waals surface area contributed by atoms with Crippen molar-refractivity contribution in [3.05, 3.63) is 81.9 Å². The van der Waals surface area contributed by atoms with Gasteiger partial charge >= 0.3 is 0 Å².